The number of nitro groups is 1. The van der Waals surface area contributed by atoms with Crippen LogP contribution < -0.4 is 25.1 Å². The average Bonchev–Trinajstić information content (AvgIpc) is 2.83. The number of rotatable bonds is 11. The Hall–Kier alpha value is -3.40. The lowest BCUT2D eigenvalue weighted by atomic mass is 10.2. The standard InChI is InChI=1S/C23H29ClN7O4P/c1-29(2)13-12-25-16-15-20(35-3)17(14-19(16)31(32)33)27-23-26-11-10-22(28-23)30(24)18-8-6-7-9-21(18)36(4,5)34/h6-11,14-15,25H,12-13H2,1-5H3,(H,26,27,28). The van der Waals surface area contributed by atoms with Crippen molar-refractivity contribution in [2.75, 3.05) is 62.7 Å². The summed E-state index contributed by atoms with van der Waals surface area (Å²) >= 11 is 6.60. The Morgan fingerprint density at radius 2 is 1.89 bits per heavy atom. The summed E-state index contributed by atoms with van der Waals surface area (Å²) in [4.78, 5) is 21.9. The fraction of sp³-hybridized carbons (Fsp3) is 0.304. The van der Waals surface area contributed by atoms with E-state index in [-0.39, 0.29) is 11.6 Å². The molecule has 0 aliphatic rings. The molecule has 0 atom stereocenters. The quantitative estimate of drug-likeness (QED) is 0.156. The minimum atomic E-state index is -2.62. The van der Waals surface area contributed by atoms with Crippen LogP contribution in [0, 0.1) is 10.1 Å². The van der Waals surface area contributed by atoms with Gasteiger partial charge in [-0.25, -0.2) is 9.40 Å². The van der Waals surface area contributed by atoms with Gasteiger partial charge in [-0.05, 0) is 39.6 Å². The van der Waals surface area contributed by atoms with E-state index in [0.29, 0.717) is 47.0 Å². The number of ether oxygens (including phenoxy) is 1. The van der Waals surface area contributed by atoms with E-state index in [2.05, 4.69) is 20.6 Å². The molecule has 3 rings (SSSR count). The molecule has 0 aliphatic carbocycles. The number of hydrogen-bond donors (Lipinski definition) is 2. The molecule has 0 spiro atoms. The number of halogens is 1. The van der Waals surface area contributed by atoms with E-state index in [4.69, 9.17) is 16.5 Å². The Morgan fingerprint density at radius 1 is 1.17 bits per heavy atom. The third kappa shape index (κ3) is 6.63. The summed E-state index contributed by atoms with van der Waals surface area (Å²) in [5, 5.41) is 18.4. The molecule has 0 radical (unpaired) electrons. The first-order valence-electron chi connectivity index (χ1n) is 11.0. The summed E-state index contributed by atoms with van der Waals surface area (Å²) in [5.74, 6) is 0.839. The molecule has 11 nitrogen and oxygen atoms in total. The second-order valence-electron chi connectivity index (χ2n) is 8.54. The number of methoxy groups -OCH3 is 1. The van der Waals surface area contributed by atoms with Crippen molar-refractivity contribution in [3.63, 3.8) is 0 Å². The normalized spacial score (nSPS) is 11.3. The second kappa shape index (κ2) is 11.6. The molecular formula is C23H29ClN7O4P. The number of benzene rings is 2. The van der Waals surface area contributed by atoms with E-state index in [1.165, 1.54) is 23.8 Å². The van der Waals surface area contributed by atoms with Gasteiger partial charge in [-0.3, -0.25) is 10.1 Å². The average molecular weight is 534 g/mol. The number of para-hydroxylation sites is 1. The van der Waals surface area contributed by atoms with Gasteiger partial charge >= 0.3 is 0 Å². The smallest absolute Gasteiger partial charge is 0.294 e. The molecule has 3 aromatic rings. The highest BCUT2D eigenvalue weighted by Crippen LogP contribution is 2.41. The van der Waals surface area contributed by atoms with Crippen molar-refractivity contribution in [1.82, 2.24) is 14.9 Å². The van der Waals surface area contributed by atoms with Crippen molar-refractivity contribution in [2.24, 2.45) is 0 Å². The minimum Gasteiger partial charge on any atom is -0.494 e. The van der Waals surface area contributed by atoms with Gasteiger partial charge in [-0.1, -0.05) is 12.1 Å². The van der Waals surface area contributed by atoms with Crippen molar-refractivity contribution in [2.45, 2.75) is 0 Å². The number of aromatic nitrogens is 2. The van der Waals surface area contributed by atoms with Crippen LogP contribution >= 0.6 is 18.9 Å². The van der Waals surface area contributed by atoms with Crippen LogP contribution in [-0.2, 0) is 4.57 Å². The fourth-order valence-corrected chi connectivity index (χ4v) is 4.86. The van der Waals surface area contributed by atoms with Crippen LogP contribution in [-0.4, -0.2) is 67.4 Å². The van der Waals surface area contributed by atoms with E-state index < -0.39 is 12.1 Å². The first kappa shape index (κ1) is 27.2. The molecule has 1 heterocycles. The van der Waals surface area contributed by atoms with Crippen LogP contribution in [0.4, 0.5) is 34.5 Å². The van der Waals surface area contributed by atoms with Gasteiger partial charge in [0.2, 0.25) is 5.95 Å². The van der Waals surface area contributed by atoms with Gasteiger partial charge in [0.25, 0.3) is 5.69 Å². The molecule has 1 aromatic heterocycles. The fourth-order valence-electron chi connectivity index (χ4n) is 3.39. The van der Waals surface area contributed by atoms with Gasteiger partial charge in [0.1, 0.15) is 18.6 Å². The molecule has 0 saturated carbocycles. The predicted octanol–water partition coefficient (Wildman–Crippen LogP) is 4.65. The van der Waals surface area contributed by atoms with Crippen LogP contribution in [0.5, 0.6) is 5.75 Å². The zero-order valence-corrected chi connectivity index (χ0v) is 22.4. The number of nitrogens with zero attached hydrogens (tertiary/aromatic N) is 5. The monoisotopic (exact) mass is 533 g/mol. The van der Waals surface area contributed by atoms with Gasteiger partial charge in [0.15, 0.2) is 5.82 Å². The van der Waals surface area contributed by atoms with E-state index in [0.717, 1.165) is 0 Å². The summed E-state index contributed by atoms with van der Waals surface area (Å²) in [7, 11) is 2.69. The Bertz CT molecular complexity index is 1290. The van der Waals surface area contributed by atoms with Crippen LogP contribution in [0.1, 0.15) is 0 Å². The Morgan fingerprint density at radius 3 is 2.53 bits per heavy atom. The summed E-state index contributed by atoms with van der Waals surface area (Å²) in [6, 6.07) is 11.6. The summed E-state index contributed by atoms with van der Waals surface area (Å²) in [5.41, 5.74) is 1.07. The molecule has 0 saturated heterocycles. The molecule has 2 N–H and O–H groups in total. The van der Waals surface area contributed by atoms with Gasteiger partial charge in [0, 0.05) is 54.6 Å². The van der Waals surface area contributed by atoms with Crippen LogP contribution in [0.3, 0.4) is 0 Å². The zero-order valence-electron chi connectivity index (χ0n) is 20.7. The Labute approximate surface area is 215 Å². The summed E-state index contributed by atoms with van der Waals surface area (Å²) < 4.78 is 19.5. The largest absolute Gasteiger partial charge is 0.494 e. The van der Waals surface area contributed by atoms with Crippen molar-refractivity contribution < 1.29 is 14.2 Å². The maximum atomic E-state index is 12.8. The SMILES string of the molecule is COc1cc(NCCN(C)C)c([N+](=O)[O-])cc1Nc1nccc(N(Cl)c2ccccc2P(C)(C)=O)n1. The molecule has 0 aliphatic heterocycles. The highest BCUT2D eigenvalue weighted by atomic mass is 35.5. The molecule has 0 bridgehead atoms. The highest BCUT2D eigenvalue weighted by Gasteiger charge is 2.22. The number of nitrogens with one attached hydrogen (secondary N) is 2. The maximum absolute atomic E-state index is 12.8. The van der Waals surface area contributed by atoms with Crippen molar-refractivity contribution >= 4 is 58.7 Å². The number of hydrogen-bond acceptors (Lipinski definition) is 10. The van der Waals surface area contributed by atoms with Crippen molar-refractivity contribution in [3.05, 3.63) is 58.8 Å². The molecule has 2 aromatic carbocycles. The molecule has 36 heavy (non-hydrogen) atoms. The Balaban J connectivity index is 1.93. The van der Waals surface area contributed by atoms with E-state index in [1.54, 1.807) is 49.7 Å². The lowest BCUT2D eigenvalue weighted by molar-refractivity contribution is -0.383. The first-order valence-corrected chi connectivity index (χ1v) is 13.9. The summed E-state index contributed by atoms with van der Waals surface area (Å²) in [6.07, 6.45) is 1.50. The van der Waals surface area contributed by atoms with Gasteiger partial charge < -0.3 is 24.8 Å². The van der Waals surface area contributed by atoms with Gasteiger partial charge in [-0.15, -0.1) is 0 Å². The number of likely N-dealkylation sites (N-methyl/N-ethyl adjacent to an activating group) is 1. The van der Waals surface area contributed by atoms with Crippen molar-refractivity contribution in [3.8, 4) is 5.75 Å². The van der Waals surface area contributed by atoms with Crippen molar-refractivity contribution in [1.29, 1.82) is 0 Å². The van der Waals surface area contributed by atoms with Crippen LogP contribution in [0.2, 0.25) is 0 Å². The maximum Gasteiger partial charge on any atom is 0.294 e. The number of anilines is 5. The van der Waals surface area contributed by atoms with E-state index in [9.17, 15) is 14.7 Å². The van der Waals surface area contributed by atoms with Gasteiger partial charge in [0.05, 0.1) is 23.4 Å². The first-order chi connectivity index (χ1) is 17.0. The molecule has 0 amide bonds. The second-order valence-corrected chi connectivity index (χ2v) is 12.1. The van der Waals surface area contributed by atoms with Crippen LogP contribution in [0.15, 0.2) is 48.7 Å². The lowest BCUT2D eigenvalue weighted by Gasteiger charge is -2.21. The van der Waals surface area contributed by atoms with Gasteiger partial charge in [-0.2, -0.15) is 4.98 Å². The molecular weight excluding hydrogens is 505 g/mol. The van der Waals surface area contributed by atoms with E-state index in [1.807, 2.05) is 19.0 Å². The molecule has 0 unspecified atom stereocenters. The predicted molar refractivity (Wildman–Crippen MR) is 146 cm³/mol. The minimum absolute atomic E-state index is 0.122. The topological polar surface area (TPSA) is 126 Å². The van der Waals surface area contributed by atoms with E-state index >= 15 is 0 Å². The summed E-state index contributed by atoms with van der Waals surface area (Å²) in [6.45, 7) is 4.55. The lowest BCUT2D eigenvalue weighted by Crippen LogP contribution is -2.21. The molecule has 13 heteroatoms. The van der Waals surface area contributed by atoms with Crippen LogP contribution in [0.25, 0.3) is 0 Å². The molecule has 0 fully saturated rings. The Kier molecular flexibility index (Phi) is 8.73. The number of nitro benzene ring substituents is 1. The highest BCUT2D eigenvalue weighted by molar-refractivity contribution is 7.70. The third-order valence-electron chi connectivity index (χ3n) is 5.15. The molecule has 192 valence electrons. The zero-order chi connectivity index (χ0) is 26.5. The third-order valence-corrected chi connectivity index (χ3v) is 7.04.